The largest absolute Gasteiger partial charge is 0.468 e. The predicted octanol–water partition coefficient (Wildman–Crippen LogP) is 4.27. The third-order valence-electron chi connectivity index (χ3n) is 6.20. The second-order valence-electron chi connectivity index (χ2n) is 7.92. The first-order valence-electron chi connectivity index (χ1n) is 10.3. The number of esters is 2. The number of methoxy groups -OCH3 is 1. The van der Waals surface area contributed by atoms with Crippen molar-refractivity contribution in [3.63, 3.8) is 0 Å². The average Bonchev–Trinajstić information content (AvgIpc) is 3.29. The Morgan fingerprint density at radius 3 is 2.40 bits per heavy atom. The van der Waals surface area contributed by atoms with Gasteiger partial charge in [-0.3, -0.25) is 0 Å². The summed E-state index contributed by atoms with van der Waals surface area (Å²) in [5, 5.41) is 0. The number of aryl methyl sites for hydroxylation is 1. The monoisotopic (exact) mass is 406 g/mol. The molecule has 1 aliphatic carbocycles. The van der Waals surface area contributed by atoms with Crippen molar-refractivity contribution in [2.24, 2.45) is 5.92 Å². The van der Waals surface area contributed by atoms with Crippen LogP contribution >= 0.6 is 0 Å². The summed E-state index contributed by atoms with van der Waals surface area (Å²) < 4.78 is 16.4. The van der Waals surface area contributed by atoms with Crippen molar-refractivity contribution in [3.8, 4) is 0 Å². The summed E-state index contributed by atoms with van der Waals surface area (Å²) in [6.45, 7) is 4.03. The lowest BCUT2D eigenvalue weighted by molar-refractivity contribution is -0.167. The topological polar surface area (TPSA) is 61.8 Å². The zero-order chi connectivity index (χ0) is 21.3. The van der Waals surface area contributed by atoms with E-state index in [2.05, 4.69) is 43.3 Å². The first kappa shape index (κ1) is 20.2. The molecule has 2 aliphatic rings. The molecule has 1 unspecified atom stereocenters. The highest BCUT2D eigenvalue weighted by Crippen LogP contribution is 2.60. The Hall–Kier alpha value is -3.08. The van der Waals surface area contributed by atoms with Crippen LogP contribution < -0.4 is 0 Å². The summed E-state index contributed by atoms with van der Waals surface area (Å²) in [5.41, 5.74) is 2.18. The van der Waals surface area contributed by atoms with Crippen molar-refractivity contribution in [1.82, 2.24) is 0 Å². The van der Waals surface area contributed by atoms with Crippen LogP contribution in [0.4, 0.5) is 0 Å². The Kier molecular flexibility index (Phi) is 5.37. The molecule has 0 N–H and O–H groups in total. The fraction of sp³-hybridized carbons (Fsp3) is 0.360. The van der Waals surface area contributed by atoms with E-state index in [9.17, 15) is 9.59 Å². The van der Waals surface area contributed by atoms with Crippen molar-refractivity contribution in [3.05, 3.63) is 83.1 Å². The van der Waals surface area contributed by atoms with E-state index >= 15 is 0 Å². The molecule has 4 rings (SSSR count). The number of hydrogen-bond acceptors (Lipinski definition) is 5. The molecule has 156 valence electrons. The summed E-state index contributed by atoms with van der Waals surface area (Å²) in [6.07, 6.45) is 2.19. The van der Waals surface area contributed by atoms with E-state index in [-0.39, 0.29) is 30.1 Å². The van der Waals surface area contributed by atoms with E-state index in [1.54, 1.807) is 13.0 Å². The first-order chi connectivity index (χ1) is 14.5. The van der Waals surface area contributed by atoms with Crippen LogP contribution in [-0.4, -0.2) is 31.3 Å². The number of ether oxygens (including phenoxy) is 3. The maximum Gasteiger partial charge on any atom is 0.373 e. The van der Waals surface area contributed by atoms with Gasteiger partial charge in [-0.05, 0) is 37.0 Å². The number of carbonyl (C=O) groups excluding carboxylic acids is 2. The van der Waals surface area contributed by atoms with Crippen LogP contribution in [0.3, 0.4) is 0 Å². The van der Waals surface area contributed by atoms with Crippen molar-refractivity contribution < 1.29 is 23.8 Å². The minimum absolute atomic E-state index is 0.0390. The van der Waals surface area contributed by atoms with Gasteiger partial charge in [-0.2, -0.15) is 0 Å². The maximum absolute atomic E-state index is 13.0. The molecule has 2 aromatic rings. The van der Waals surface area contributed by atoms with Crippen LogP contribution in [0.15, 0.2) is 66.4 Å². The fourth-order valence-electron chi connectivity index (χ4n) is 4.87. The van der Waals surface area contributed by atoms with E-state index in [1.807, 2.05) is 18.2 Å². The van der Waals surface area contributed by atoms with Crippen LogP contribution in [-0.2, 0) is 23.8 Å². The predicted molar refractivity (Wildman–Crippen MR) is 112 cm³/mol. The van der Waals surface area contributed by atoms with E-state index in [0.29, 0.717) is 6.42 Å². The molecule has 5 heteroatoms. The fourth-order valence-corrected chi connectivity index (χ4v) is 4.87. The molecular weight excluding hydrogens is 380 g/mol. The second-order valence-corrected chi connectivity index (χ2v) is 7.92. The van der Waals surface area contributed by atoms with Gasteiger partial charge in [0.05, 0.1) is 13.7 Å². The molecule has 30 heavy (non-hydrogen) atoms. The highest BCUT2D eigenvalue weighted by atomic mass is 16.6. The van der Waals surface area contributed by atoms with Crippen LogP contribution in [0.5, 0.6) is 0 Å². The zero-order valence-electron chi connectivity index (χ0n) is 17.5. The summed E-state index contributed by atoms with van der Waals surface area (Å²) >= 11 is 0. The first-order valence-corrected chi connectivity index (χ1v) is 10.3. The normalized spacial score (nSPS) is 27.0. The van der Waals surface area contributed by atoms with E-state index < -0.39 is 17.5 Å². The molecule has 1 fully saturated rings. The molecule has 1 aliphatic heterocycles. The van der Waals surface area contributed by atoms with Crippen molar-refractivity contribution in [2.75, 3.05) is 13.7 Å². The van der Waals surface area contributed by atoms with Gasteiger partial charge >= 0.3 is 11.9 Å². The summed E-state index contributed by atoms with van der Waals surface area (Å²) in [7, 11) is 1.36. The molecule has 0 saturated heterocycles. The Bertz CT molecular complexity index is 963. The molecule has 0 radical (unpaired) electrons. The molecular formula is C25H26O5. The molecule has 2 aromatic carbocycles. The Balaban J connectivity index is 1.83. The van der Waals surface area contributed by atoms with E-state index in [0.717, 1.165) is 11.1 Å². The van der Waals surface area contributed by atoms with Crippen molar-refractivity contribution in [2.45, 2.75) is 37.7 Å². The SMILES string of the molecule is CCOC(=O)C1=CC2[C@@H](c3ccccc3)[C@H](c3ccc(C)cc3)C[C@]2(C(=O)OC)O1. The van der Waals surface area contributed by atoms with Gasteiger partial charge < -0.3 is 14.2 Å². The van der Waals surface area contributed by atoms with Gasteiger partial charge in [-0.25, -0.2) is 9.59 Å². The highest BCUT2D eigenvalue weighted by Gasteiger charge is 2.64. The summed E-state index contributed by atoms with van der Waals surface area (Å²) in [6, 6.07) is 18.5. The van der Waals surface area contributed by atoms with Crippen LogP contribution in [0.25, 0.3) is 0 Å². The van der Waals surface area contributed by atoms with Gasteiger partial charge in [0.15, 0.2) is 0 Å². The molecule has 1 saturated carbocycles. The lowest BCUT2D eigenvalue weighted by atomic mass is 9.78. The quantitative estimate of drug-likeness (QED) is 0.694. The second kappa shape index (κ2) is 7.98. The Labute approximate surface area is 176 Å². The molecule has 5 nitrogen and oxygen atoms in total. The number of hydrogen-bond donors (Lipinski definition) is 0. The van der Waals surface area contributed by atoms with Crippen LogP contribution in [0.2, 0.25) is 0 Å². The van der Waals surface area contributed by atoms with Gasteiger partial charge in [0.1, 0.15) is 0 Å². The van der Waals surface area contributed by atoms with Gasteiger partial charge in [0.2, 0.25) is 11.4 Å². The molecule has 0 bridgehead atoms. The molecule has 0 aromatic heterocycles. The molecule has 4 atom stereocenters. The maximum atomic E-state index is 13.0. The third-order valence-corrected chi connectivity index (χ3v) is 6.20. The lowest BCUT2D eigenvalue weighted by Crippen LogP contribution is -2.43. The van der Waals surface area contributed by atoms with E-state index in [1.165, 1.54) is 12.7 Å². The van der Waals surface area contributed by atoms with Gasteiger partial charge in [-0.15, -0.1) is 0 Å². The molecule has 1 heterocycles. The van der Waals surface area contributed by atoms with Gasteiger partial charge in [-0.1, -0.05) is 60.2 Å². The van der Waals surface area contributed by atoms with Crippen molar-refractivity contribution in [1.29, 1.82) is 0 Å². The van der Waals surface area contributed by atoms with Crippen LogP contribution in [0.1, 0.15) is 41.9 Å². The van der Waals surface area contributed by atoms with Gasteiger partial charge in [0, 0.05) is 18.3 Å². The number of fused-ring (bicyclic) bond motifs is 1. The highest BCUT2D eigenvalue weighted by molar-refractivity contribution is 5.91. The minimum atomic E-state index is -1.24. The summed E-state index contributed by atoms with van der Waals surface area (Å²) in [4.78, 5) is 25.4. The Morgan fingerprint density at radius 1 is 1.07 bits per heavy atom. The van der Waals surface area contributed by atoms with Crippen LogP contribution in [0, 0.1) is 12.8 Å². The smallest absolute Gasteiger partial charge is 0.373 e. The molecule has 0 amide bonds. The standard InChI is InChI=1S/C25H26O5/c1-4-29-23(26)21-14-20-22(18-8-6-5-7-9-18)19(17-12-10-16(2)11-13-17)15-25(20,30-21)24(27)28-3/h5-14,19-20,22H,4,15H2,1-3H3/t19-,20?,22-,25-/m0/s1. The molecule has 0 spiro atoms. The van der Waals surface area contributed by atoms with Crippen molar-refractivity contribution >= 4 is 11.9 Å². The number of benzene rings is 2. The van der Waals surface area contributed by atoms with Gasteiger partial charge in [0.25, 0.3) is 0 Å². The Morgan fingerprint density at radius 2 is 1.77 bits per heavy atom. The minimum Gasteiger partial charge on any atom is -0.468 e. The average molecular weight is 406 g/mol. The zero-order valence-corrected chi connectivity index (χ0v) is 17.5. The number of carbonyl (C=O) groups is 2. The summed E-state index contributed by atoms with van der Waals surface area (Å²) in [5.74, 6) is -1.25. The van der Waals surface area contributed by atoms with E-state index in [4.69, 9.17) is 14.2 Å². The number of rotatable bonds is 5. The third kappa shape index (κ3) is 3.28. The lowest BCUT2D eigenvalue weighted by Gasteiger charge is -2.27.